The molecular formula is C21H23N3O3S. The maximum absolute atomic E-state index is 13.3. The van der Waals surface area contributed by atoms with Gasteiger partial charge in [0.25, 0.3) is 0 Å². The topological polar surface area (TPSA) is 54.0 Å². The molecule has 4 rings (SSSR count). The molecule has 0 aliphatic carbocycles. The van der Waals surface area contributed by atoms with Crippen LogP contribution in [-0.4, -0.2) is 42.8 Å². The summed E-state index contributed by atoms with van der Waals surface area (Å²) in [6.07, 6.45) is 0. The third-order valence-corrected chi connectivity index (χ3v) is 5.73. The van der Waals surface area contributed by atoms with Gasteiger partial charge in [-0.2, -0.15) is 0 Å². The molecule has 28 heavy (non-hydrogen) atoms. The number of hydrogen-bond donors (Lipinski definition) is 1. The number of benzene rings is 2. The molecule has 2 bridgehead atoms. The molecule has 3 atom stereocenters. The van der Waals surface area contributed by atoms with Crippen LogP contribution in [0.3, 0.4) is 0 Å². The molecule has 2 aliphatic rings. The van der Waals surface area contributed by atoms with Crippen molar-refractivity contribution in [1.82, 2.24) is 10.2 Å². The molecule has 146 valence electrons. The first-order chi connectivity index (χ1) is 13.4. The predicted molar refractivity (Wildman–Crippen MR) is 112 cm³/mol. The van der Waals surface area contributed by atoms with Crippen molar-refractivity contribution in [1.29, 1.82) is 0 Å². The molecule has 0 spiro atoms. The molecule has 2 aromatic rings. The normalized spacial score (nSPS) is 25.3. The van der Waals surface area contributed by atoms with Crippen molar-refractivity contribution >= 4 is 28.9 Å². The number of para-hydroxylation sites is 1. The summed E-state index contributed by atoms with van der Waals surface area (Å²) < 4.78 is 11.9. The minimum Gasteiger partial charge on any atom is -0.497 e. The Hall–Kier alpha value is -2.80. The largest absolute Gasteiger partial charge is 0.497 e. The molecule has 2 heterocycles. The molecule has 0 aromatic heterocycles. The average Bonchev–Trinajstić information content (AvgIpc) is 2.67. The van der Waals surface area contributed by atoms with E-state index in [2.05, 4.69) is 5.32 Å². The number of nitrogens with one attached hydrogen (secondary N) is 1. The van der Waals surface area contributed by atoms with Crippen LogP contribution < -0.4 is 19.7 Å². The summed E-state index contributed by atoms with van der Waals surface area (Å²) in [5.41, 5.74) is 0.763. The van der Waals surface area contributed by atoms with Crippen LogP contribution in [0.1, 0.15) is 18.5 Å². The van der Waals surface area contributed by atoms with Gasteiger partial charge in [-0.3, -0.25) is 9.69 Å². The lowest BCUT2D eigenvalue weighted by atomic mass is 9.78. The second kappa shape index (κ2) is 6.67. The number of hydrogen-bond acceptors (Lipinski definition) is 4. The van der Waals surface area contributed by atoms with Crippen molar-refractivity contribution < 1.29 is 14.3 Å². The summed E-state index contributed by atoms with van der Waals surface area (Å²) in [7, 11) is 5.13. The summed E-state index contributed by atoms with van der Waals surface area (Å²) >= 11 is 5.71. The molecule has 1 amide bonds. The van der Waals surface area contributed by atoms with Crippen molar-refractivity contribution in [2.45, 2.75) is 18.7 Å². The van der Waals surface area contributed by atoms with E-state index in [1.165, 1.54) is 0 Å². The number of thiocarbonyl (C=S) groups is 1. The molecule has 2 aromatic carbocycles. The summed E-state index contributed by atoms with van der Waals surface area (Å²) in [5.74, 6) is 0.887. The van der Waals surface area contributed by atoms with Crippen LogP contribution in [0.25, 0.3) is 0 Å². The van der Waals surface area contributed by atoms with Crippen LogP contribution in [-0.2, 0) is 4.79 Å². The van der Waals surface area contributed by atoms with Gasteiger partial charge in [-0.1, -0.05) is 18.2 Å². The summed E-state index contributed by atoms with van der Waals surface area (Å²) in [5, 5.41) is 3.91. The van der Waals surface area contributed by atoms with Crippen LogP contribution in [0, 0.1) is 5.92 Å². The van der Waals surface area contributed by atoms with Gasteiger partial charge in [-0.25, -0.2) is 0 Å². The van der Waals surface area contributed by atoms with E-state index in [0.29, 0.717) is 16.6 Å². The minimum absolute atomic E-state index is 0.0306. The molecule has 1 N–H and O–H groups in total. The number of fused-ring (bicyclic) bond motifs is 4. The van der Waals surface area contributed by atoms with E-state index < -0.39 is 11.6 Å². The fourth-order valence-electron chi connectivity index (χ4n) is 4.11. The fourth-order valence-corrected chi connectivity index (χ4v) is 4.52. The van der Waals surface area contributed by atoms with Gasteiger partial charge < -0.3 is 19.7 Å². The monoisotopic (exact) mass is 397 g/mol. The van der Waals surface area contributed by atoms with Gasteiger partial charge in [-0.15, -0.1) is 0 Å². The molecule has 2 aliphatic heterocycles. The number of ether oxygens (including phenoxy) is 2. The predicted octanol–water partition coefficient (Wildman–Crippen LogP) is 2.94. The molecule has 7 heteroatoms. The zero-order chi connectivity index (χ0) is 20.1. The number of amides is 1. The van der Waals surface area contributed by atoms with E-state index in [4.69, 9.17) is 21.7 Å². The Balaban J connectivity index is 1.91. The quantitative estimate of drug-likeness (QED) is 0.804. The SMILES string of the molecule is COc1ccc2c(c1)C1NC(=S)N(c3ccccc3)C(C)(O2)C1C(=O)N(C)C. The van der Waals surface area contributed by atoms with E-state index in [1.807, 2.05) is 60.4 Å². The van der Waals surface area contributed by atoms with Crippen molar-refractivity contribution in [3.05, 3.63) is 54.1 Å². The minimum atomic E-state index is -0.975. The molecule has 0 radical (unpaired) electrons. The Morgan fingerprint density at radius 3 is 2.61 bits per heavy atom. The first kappa shape index (κ1) is 18.6. The standard InChI is InChI=1S/C21H23N3O3S/c1-21-17(19(25)23(2)3)18(15-12-14(26-4)10-11-16(15)27-21)22-20(28)24(21)13-8-6-5-7-9-13/h5-12,17-18H,1-4H3,(H,22,28). The van der Waals surface area contributed by atoms with E-state index in [9.17, 15) is 4.79 Å². The van der Waals surface area contributed by atoms with Gasteiger partial charge in [-0.05, 0) is 49.5 Å². The smallest absolute Gasteiger partial charge is 0.233 e. The molecule has 1 saturated heterocycles. The van der Waals surface area contributed by atoms with Crippen LogP contribution in [0.15, 0.2) is 48.5 Å². The molecule has 0 saturated carbocycles. The van der Waals surface area contributed by atoms with Gasteiger partial charge in [0, 0.05) is 25.3 Å². The third-order valence-electron chi connectivity index (χ3n) is 5.43. The Kier molecular flexibility index (Phi) is 4.42. The zero-order valence-corrected chi connectivity index (χ0v) is 17.1. The summed E-state index contributed by atoms with van der Waals surface area (Å²) in [6.45, 7) is 1.93. The summed E-state index contributed by atoms with van der Waals surface area (Å²) in [6, 6.07) is 15.1. The zero-order valence-electron chi connectivity index (χ0n) is 16.3. The first-order valence-electron chi connectivity index (χ1n) is 9.10. The van der Waals surface area contributed by atoms with Crippen molar-refractivity contribution in [2.75, 3.05) is 26.1 Å². The third kappa shape index (κ3) is 2.69. The van der Waals surface area contributed by atoms with E-state index in [-0.39, 0.29) is 11.9 Å². The average molecular weight is 398 g/mol. The second-order valence-electron chi connectivity index (χ2n) is 7.37. The van der Waals surface area contributed by atoms with Crippen LogP contribution >= 0.6 is 12.2 Å². The van der Waals surface area contributed by atoms with E-state index in [0.717, 1.165) is 11.3 Å². The highest BCUT2D eigenvalue weighted by molar-refractivity contribution is 7.80. The van der Waals surface area contributed by atoms with Crippen LogP contribution in [0.2, 0.25) is 0 Å². The molecular weight excluding hydrogens is 374 g/mol. The Bertz CT molecular complexity index is 934. The fraction of sp³-hybridized carbons (Fsp3) is 0.333. The molecule has 6 nitrogen and oxygen atoms in total. The number of anilines is 1. The Labute approximate surface area is 170 Å². The van der Waals surface area contributed by atoms with Crippen LogP contribution in [0.4, 0.5) is 5.69 Å². The van der Waals surface area contributed by atoms with Gasteiger partial charge >= 0.3 is 0 Å². The number of methoxy groups -OCH3 is 1. The number of rotatable bonds is 3. The maximum Gasteiger partial charge on any atom is 0.233 e. The first-order valence-corrected chi connectivity index (χ1v) is 9.51. The Morgan fingerprint density at radius 2 is 1.96 bits per heavy atom. The lowest BCUT2D eigenvalue weighted by Crippen LogP contribution is -2.72. The van der Waals surface area contributed by atoms with Crippen molar-refractivity contribution in [2.24, 2.45) is 5.92 Å². The maximum atomic E-state index is 13.3. The molecule has 1 fully saturated rings. The highest BCUT2D eigenvalue weighted by atomic mass is 32.1. The van der Waals surface area contributed by atoms with E-state index in [1.54, 1.807) is 26.1 Å². The molecule has 3 unspecified atom stereocenters. The van der Waals surface area contributed by atoms with Gasteiger partial charge in [0.15, 0.2) is 10.8 Å². The van der Waals surface area contributed by atoms with Crippen molar-refractivity contribution in [3.63, 3.8) is 0 Å². The van der Waals surface area contributed by atoms with E-state index >= 15 is 0 Å². The van der Waals surface area contributed by atoms with Crippen molar-refractivity contribution in [3.8, 4) is 11.5 Å². The summed E-state index contributed by atoms with van der Waals surface area (Å²) in [4.78, 5) is 16.8. The van der Waals surface area contributed by atoms with Gasteiger partial charge in [0.2, 0.25) is 5.91 Å². The number of nitrogens with zero attached hydrogens (tertiary/aromatic N) is 2. The lowest BCUT2D eigenvalue weighted by Gasteiger charge is -2.56. The van der Waals surface area contributed by atoms with Gasteiger partial charge in [0.1, 0.15) is 17.4 Å². The number of carbonyl (C=O) groups excluding carboxylic acids is 1. The highest BCUT2D eigenvalue weighted by Crippen LogP contribution is 2.50. The number of carbonyl (C=O) groups is 1. The van der Waals surface area contributed by atoms with Gasteiger partial charge in [0.05, 0.1) is 13.2 Å². The second-order valence-corrected chi connectivity index (χ2v) is 7.76. The highest BCUT2D eigenvalue weighted by Gasteiger charge is 2.59. The van der Waals surface area contributed by atoms with Crippen LogP contribution in [0.5, 0.6) is 11.5 Å². The Morgan fingerprint density at radius 1 is 1.25 bits per heavy atom. The lowest BCUT2D eigenvalue weighted by molar-refractivity contribution is -0.144.